The van der Waals surface area contributed by atoms with Gasteiger partial charge in [0.15, 0.2) is 17.9 Å². The van der Waals surface area contributed by atoms with E-state index < -0.39 is 119 Å². The fraction of sp³-hybridized carbons (Fsp3) is 0.544. The minimum atomic E-state index is -1.39. The van der Waals surface area contributed by atoms with Crippen molar-refractivity contribution in [2.24, 2.45) is 66.4 Å². The zero-order valence-corrected chi connectivity index (χ0v) is 58.2. The van der Waals surface area contributed by atoms with E-state index in [1.54, 1.807) is 72.7 Å². The van der Waals surface area contributed by atoms with Gasteiger partial charge in [0, 0.05) is 58.5 Å². The number of phenolic OH excluding ortho intramolecular Hbond substituents is 2. The molecular weight excluding hydrogens is 1290 g/mol. The third-order valence-electron chi connectivity index (χ3n) is 17.2. The van der Waals surface area contributed by atoms with Crippen molar-refractivity contribution in [3.63, 3.8) is 0 Å². The highest BCUT2D eigenvalue weighted by atomic mass is 16.4. The number of aromatic hydroxyl groups is 2. The molecule has 0 unspecified atom stereocenters. The van der Waals surface area contributed by atoms with Gasteiger partial charge in [0.2, 0.25) is 53.2 Å². The van der Waals surface area contributed by atoms with Crippen molar-refractivity contribution >= 4 is 77.0 Å². The lowest BCUT2D eigenvalue weighted by Gasteiger charge is -2.33. The molecule has 0 saturated carbocycles. The molecule has 5 rings (SSSR count). The van der Waals surface area contributed by atoms with E-state index in [2.05, 4.69) is 52.2 Å². The number of aliphatic imine (C=N–C) groups is 3. The molecule has 32 heteroatoms. The van der Waals surface area contributed by atoms with Gasteiger partial charge in [0.1, 0.15) is 59.8 Å². The molecule has 9 atom stereocenters. The minimum absolute atomic E-state index is 0.0255. The van der Waals surface area contributed by atoms with Crippen LogP contribution in [0.4, 0.5) is 0 Å². The summed E-state index contributed by atoms with van der Waals surface area (Å²) in [6, 6.07) is 4.78. The largest absolute Gasteiger partial charge is 0.508 e. The Morgan fingerprint density at radius 3 is 1.71 bits per heavy atom. The van der Waals surface area contributed by atoms with Crippen LogP contribution in [0.15, 0.2) is 75.6 Å². The molecule has 0 radical (unpaired) electrons. The molecule has 100 heavy (non-hydrogen) atoms. The van der Waals surface area contributed by atoms with Crippen LogP contribution in [0, 0.1) is 25.2 Å². The van der Waals surface area contributed by atoms with Crippen LogP contribution >= 0.6 is 0 Å². The van der Waals surface area contributed by atoms with E-state index in [1.165, 1.54) is 34.1 Å². The molecular formula is C68H103N19O13. The van der Waals surface area contributed by atoms with Gasteiger partial charge in [-0.1, -0.05) is 71.0 Å². The standard InChI is InChI=1S/C68H103N19O13/c1-37(2)30-52(64(99)100)84-61(96)55(68(5,6)7)85-59(94)50(33-40-20-22-43(88)23-21-40)82-60(95)53-19-13-28-87(53)63(98)49(18-12-27-78-67(74)75)81-57(92)47(16-10-25-76-65(70)71)79-54(90)24-29-86-36-42-15-9-8-14-41(42)34-51(62(86)97)83-58(93)48(17-11-26-77-66(72)73)80-56(91)46(69)35-45-38(3)31-44(89)32-39(45)4/h8-9,14-15,20-23,31-32,37,46-53,55,88-89H,10-13,16-19,24-30,33-36,69H2,1-7H3,(H,79,90)(H,80,91)(H,81,92)(H,82,95)(H,83,93)(H,84,96)(H,85,94)(H,99,100)(H4,70,71,76)(H4,72,73,77)(H4,74,75,78)/t46-,47-,48+,49-,50-,51-,52-,53-,55+/m0/s1. The van der Waals surface area contributed by atoms with E-state index in [1.807, 2.05) is 12.1 Å². The molecule has 1 saturated heterocycles. The highest BCUT2D eigenvalue weighted by Gasteiger charge is 2.42. The minimum Gasteiger partial charge on any atom is -0.508 e. The predicted molar refractivity (Wildman–Crippen MR) is 376 cm³/mol. The zero-order chi connectivity index (χ0) is 74.1. The number of aliphatic carboxylic acids is 1. The summed E-state index contributed by atoms with van der Waals surface area (Å²) in [5.41, 5.74) is 43.2. The molecule has 548 valence electrons. The molecule has 0 bridgehead atoms. The fourth-order valence-corrected chi connectivity index (χ4v) is 12.0. The van der Waals surface area contributed by atoms with E-state index in [4.69, 9.17) is 40.1 Å². The summed E-state index contributed by atoms with van der Waals surface area (Å²) in [6.07, 6.45) is 0.600. The maximum absolute atomic E-state index is 15.0. The molecule has 3 aromatic carbocycles. The molecule has 2 aliphatic heterocycles. The van der Waals surface area contributed by atoms with Crippen LogP contribution in [-0.2, 0) is 73.8 Å². The number of carbonyl (C=O) groups is 10. The first-order valence-corrected chi connectivity index (χ1v) is 33.6. The van der Waals surface area contributed by atoms with Gasteiger partial charge in [0.05, 0.1) is 6.04 Å². The number of aryl methyl sites for hydroxylation is 2. The maximum atomic E-state index is 15.0. The van der Waals surface area contributed by atoms with Gasteiger partial charge in [-0.3, -0.25) is 58.1 Å². The average molecular weight is 1390 g/mol. The van der Waals surface area contributed by atoms with Crippen molar-refractivity contribution in [1.82, 2.24) is 47.0 Å². The number of phenols is 2. The van der Waals surface area contributed by atoms with Crippen LogP contribution in [0.2, 0.25) is 0 Å². The van der Waals surface area contributed by atoms with Gasteiger partial charge < -0.3 is 102 Å². The molecule has 0 aromatic heterocycles. The molecule has 3 aromatic rings. The van der Waals surface area contributed by atoms with Gasteiger partial charge in [-0.15, -0.1) is 0 Å². The maximum Gasteiger partial charge on any atom is 0.326 e. The topological polar surface area (TPSA) is 541 Å². The first-order valence-electron chi connectivity index (χ1n) is 33.6. The molecule has 32 nitrogen and oxygen atoms in total. The summed E-state index contributed by atoms with van der Waals surface area (Å²) in [5, 5.41) is 49.4. The van der Waals surface area contributed by atoms with Crippen molar-refractivity contribution in [3.8, 4) is 11.5 Å². The van der Waals surface area contributed by atoms with Crippen LogP contribution in [0.25, 0.3) is 0 Å². The number of likely N-dealkylation sites (tertiary alicyclic amines) is 1. The number of carbonyl (C=O) groups excluding carboxylic acids is 9. The van der Waals surface area contributed by atoms with Crippen molar-refractivity contribution in [3.05, 3.63) is 94.0 Å². The number of carboxylic acid groups (broad SMARTS) is 1. The number of nitrogens with two attached hydrogens (primary N) is 7. The normalized spacial score (nSPS) is 16.5. The fourth-order valence-electron chi connectivity index (χ4n) is 12.0. The number of guanidine groups is 3. The van der Waals surface area contributed by atoms with Crippen molar-refractivity contribution < 1.29 is 63.3 Å². The number of hydrogen-bond acceptors (Lipinski definition) is 16. The molecule has 24 N–H and O–H groups in total. The van der Waals surface area contributed by atoms with Crippen LogP contribution in [-0.4, -0.2) is 189 Å². The van der Waals surface area contributed by atoms with E-state index >= 15 is 0 Å². The second-order valence-corrected chi connectivity index (χ2v) is 27.0. The summed E-state index contributed by atoms with van der Waals surface area (Å²) < 4.78 is 0. The lowest BCUT2D eigenvalue weighted by atomic mass is 9.85. The predicted octanol–water partition coefficient (Wildman–Crippen LogP) is -1.48. The van der Waals surface area contributed by atoms with Crippen LogP contribution in [0.3, 0.4) is 0 Å². The SMILES string of the molecule is Cc1cc(O)cc(C)c1C[C@H](N)C(=O)N[C@H](CCCN=C(N)N)C(=O)N[C@H]1Cc2ccccc2CN(CCC(=O)N[C@@H](CCCN=C(N)N)C(=O)N[C@@H](CCCN=C(N)N)C(=O)N2CCC[C@H]2C(=O)N[C@@H](Cc2ccc(O)cc2)C(=O)N[C@H](C(=O)N[C@@H](CC(C)C)C(=O)O)C(C)(C)C)C1=O. The van der Waals surface area contributed by atoms with Crippen LogP contribution in [0.1, 0.15) is 132 Å². The Hall–Kier alpha value is -10.3. The summed E-state index contributed by atoms with van der Waals surface area (Å²) in [6.45, 7) is 12.2. The number of fused-ring (bicyclic) bond motifs is 1. The molecule has 2 aliphatic rings. The number of benzene rings is 3. The van der Waals surface area contributed by atoms with Crippen molar-refractivity contribution in [2.75, 3.05) is 32.7 Å². The lowest BCUT2D eigenvalue weighted by Crippen LogP contribution is -2.61. The summed E-state index contributed by atoms with van der Waals surface area (Å²) in [7, 11) is 0. The Bertz CT molecular complexity index is 3430. The zero-order valence-electron chi connectivity index (χ0n) is 58.2. The number of nitrogens with zero attached hydrogens (tertiary/aromatic N) is 5. The Kier molecular flexibility index (Phi) is 30.7. The summed E-state index contributed by atoms with van der Waals surface area (Å²) >= 11 is 0. The lowest BCUT2D eigenvalue weighted by molar-refractivity contribution is -0.143. The number of rotatable bonds is 36. The Labute approximate surface area is 582 Å². The van der Waals surface area contributed by atoms with E-state index in [9.17, 15) is 63.3 Å². The summed E-state index contributed by atoms with van der Waals surface area (Å²) in [4.78, 5) is 157. The quantitative estimate of drug-likeness (QED) is 0.0179. The average Bonchev–Trinajstić information content (AvgIpc) is 1.69. The van der Waals surface area contributed by atoms with Gasteiger partial charge in [-0.05, 0) is 147 Å². The Morgan fingerprint density at radius 1 is 0.630 bits per heavy atom. The Morgan fingerprint density at radius 2 is 1.16 bits per heavy atom. The number of nitrogens with one attached hydrogen (secondary N) is 7. The smallest absolute Gasteiger partial charge is 0.326 e. The third-order valence-corrected chi connectivity index (χ3v) is 17.2. The first kappa shape index (κ1) is 80.4. The second kappa shape index (κ2) is 38.2. The number of hydrogen-bond donors (Lipinski definition) is 17. The molecule has 9 amide bonds. The van der Waals surface area contributed by atoms with Gasteiger partial charge in [-0.25, -0.2) is 4.79 Å². The van der Waals surface area contributed by atoms with Crippen LogP contribution in [0.5, 0.6) is 11.5 Å². The van der Waals surface area contributed by atoms with E-state index in [0.29, 0.717) is 23.1 Å². The monoisotopic (exact) mass is 1390 g/mol. The van der Waals surface area contributed by atoms with Crippen molar-refractivity contribution in [1.29, 1.82) is 0 Å². The second-order valence-electron chi connectivity index (χ2n) is 27.0. The summed E-state index contributed by atoms with van der Waals surface area (Å²) in [5.74, 6) is -8.44. The highest BCUT2D eigenvalue weighted by molar-refractivity contribution is 5.98. The van der Waals surface area contributed by atoms with Gasteiger partial charge >= 0.3 is 5.97 Å². The molecule has 0 aliphatic carbocycles. The van der Waals surface area contributed by atoms with Crippen molar-refractivity contribution in [2.45, 2.75) is 193 Å². The van der Waals surface area contributed by atoms with Gasteiger partial charge in [-0.2, -0.15) is 0 Å². The van der Waals surface area contributed by atoms with Crippen LogP contribution < -0.4 is 77.4 Å². The molecule has 0 spiro atoms. The first-order chi connectivity index (χ1) is 47.1. The number of amides is 9. The third kappa shape index (κ3) is 25.5. The number of carboxylic acids is 1. The van der Waals surface area contributed by atoms with Gasteiger partial charge in [0.25, 0.3) is 0 Å². The highest BCUT2D eigenvalue weighted by Crippen LogP contribution is 2.26. The Balaban J connectivity index is 1.37. The van der Waals surface area contributed by atoms with E-state index in [-0.39, 0.29) is 152 Å². The van der Waals surface area contributed by atoms with E-state index in [0.717, 1.165) is 16.7 Å². The molecule has 1 fully saturated rings. The molecule has 2 heterocycles.